The molecule has 0 bridgehead atoms. The average Bonchev–Trinajstić information content (AvgIpc) is 2.46. The predicted molar refractivity (Wildman–Crippen MR) is 87.2 cm³/mol. The third-order valence-corrected chi connectivity index (χ3v) is 3.74. The molecule has 0 saturated heterocycles. The number of hydrogen-bond donors (Lipinski definition) is 1. The van der Waals surface area contributed by atoms with Gasteiger partial charge in [0.1, 0.15) is 0 Å². The second-order valence-electron chi connectivity index (χ2n) is 5.00. The van der Waals surface area contributed by atoms with Crippen LogP contribution in [0.3, 0.4) is 0 Å². The molecule has 20 heavy (non-hydrogen) atoms. The van der Waals surface area contributed by atoms with Gasteiger partial charge in [0.15, 0.2) is 0 Å². The van der Waals surface area contributed by atoms with Gasteiger partial charge in [0.25, 0.3) is 0 Å². The normalized spacial score (nSPS) is 12.2. The highest BCUT2D eigenvalue weighted by Gasteiger charge is 2.11. The van der Waals surface area contributed by atoms with E-state index >= 15 is 0 Å². The number of halogens is 1. The Morgan fingerprint density at radius 3 is 2.40 bits per heavy atom. The largest absolute Gasteiger partial charge is 0.366 e. The molecule has 2 N–H and O–H groups in total. The van der Waals surface area contributed by atoms with Crippen LogP contribution < -0.4 is 10.6 Å². The zero-order chi connectivity index (χ0) is 14.5. The number of anilines is 1. The molecule has 0 unspecified atom stereocenters. The first-order chi connectivity index (χ1) is 9.61. The Bertz CT molecular complexity index is 552. The van der Waals surface area contributed by atoms with Gasteiger partial charge in [0.05, 0.1) is 10.7 Å². The molecular formula is C17H21ClN2. The molecule has 3 heteroatoms. The topological polar surface area (TPSA) is 29.3 Å². The Kier molecular flexibility index (Phi) is 5.05. The zero-order valence-electron chi connectivity index (χ0n) is 12.0. The minimum atomic E-state index is 0.00532. The van der Waals surface area contributed by atoms with E-state index < -0.39 is 0 Å². The maximum Gasteiger partial charge on any atom is 0.0643 e. The molecule has 0 aliphatic rings. The van der Waals surface area contributed by atoms with Gasteiger partial charge in [-0.2, -0.15) is 0 Å². The van der Waals surface area contributed by atoms with E-state index in [2.05, 4.69) is 48.2 Å². The second-order valence-corrected chi connectivity index (χ2v) is 5.41. The highest BCUT2D eigenvalue weighted by Crippen LogP contribution is 2.29. The lowest BCUT2D eigenvalue weighted by atomic mass is 10.1. The van der Waals surface area contributed by atoms with Gasteiger partial charge in [-0.1, -0.05) is 48.0 Å². The van der Waals surface area contributed by atoms with Gasteiger partial charge in [0, 0.05) is 19.1 Å². The summed E-state index contributed by atoms with van der Waals surface area (Å²) in [6.45, 7) is 5.87. The van der Waals surface area contributed by atoms with Crippen molar-refractivity contribution in [3.05, 3.63) is 64.7 Å². The van der Waals surface area contributed by atoms with Crippen molar-refractivity contribution in [1.82, 2.24) is 0 Å². The summed E-state index contributed by atoms with van der Waals surface area (Å²) in [7, 11) is 0. The van der Waals surface area contributed by atoms with Gasteiger partial charge in [-0.15, -0.1) is 0 Å². The summed E-state index contributed by atoms with van der Waals surface area (Å²) < 4.78 is 0. The van der Waals surface area contributed by atoms with Crippen molar-refractivity contribution in [2.24, 2.45) is 5.73 Å². The molecule has 0 radical (unpaired) electrons. The average molecular weight is 289 g/mol. The van der Waals surface area contributed by atoms with Crippen LogP contribution >= 0.6 is 11.6 Å². The SMILES string of the molecule is CCN(Cc1ccccc1)c1ccc([C@@H](C)N)cc1Cl. The molecule has 2 nitrogen and oxygen atoms in total. The maximum atomic E-state index is 6.42. The quantitative estimate of drug-likeness (QED) is 0.884. The highest BCUT2D eigenvalue weighted by atomic mass is 35.5. The molecule has 2 rings (SSSR count). The predicted octanol–water partition coefficient (Wildman–Crippen LogP) is 4.39. The lowest BCUT2D eigenvalue weighted by Gasteiger charge is -2.25. The van der Waals surface area contributed by atoms with Crippen molar-refractivity contribution >= 4 is 17.3 Å². The molecule has 0 spiro atoms. The number of rotatable bonds is 5. The van der Waals surface area contributed by atoms with Gasteiger partial charge in [0.2, 0.25) is 0 Å². The highest BCUT2D eigenvalue weighted by molar-refractivity contribution is 6.33. The van der Waals surface area contributed by atoms with Gasteiger partial charge in [-0.05, 0) is 37.1 Å². The van der Waals surface area contributed by atoms with Crippen molar-refractivity contribution in [2.75, 3.05) is 11.4 Å². The van der Waals surface area contributed by atoms with Crippen LogP contribution in [0.1, 0.15) is 31.0 Å². The van der Waals surface area contributed by atoms with E-state index in [1.165, 1.54) is 5.56 Å². The summed E-state index contributed by atoms with van der Waals surface area (Å²) >= 11 is 6.42. The molecule has 0 aliphatic carbocycles. The molecule has 2 aromatic carbocycles. The van der Waals surface area contributed by atoms with E-state index in [1.807, 2.05) is 19.1 Å². The Labute approximate surface area is 126 Å². The van der Waals surface area contributed by atoms with E-state index in [-0.39, 0.29) is 6.04 Å². The molecule has 0 aromatic heterocycles. The molecule has 0 amide bonds. The molecule has 0 heterocycles. The van der Waals surface area contributed by atoms with E-state index in [4.69, 9.17) is 17.3 Å². The van der Waals surface area contributed by atoms with E-state index in [9.17, 15) is 0 Å². The monoisotopic (exact) mass is 288 g/mol. The summed E-state index contributed by atoms with van der Waals surface area (Å²) in [5.41, 5.74) is 9.29. The van der Waals surface area contributed by atoms with Crippen LogP contribution in [0.2, 0.25) is 5.02 Å². The van der Waals surface area contributed by atoms with Crippen LogP contribution in [0.25, 0.3) is 0 Å². The molecular weight excluding hydrogens is 268 g/mol. The lowest BCUT2D eigenvalue weighted by Crippen LogP contribution is -2.22. The minimum absolute atomic E-state index is 0.00532. The zero-order valence-corrected chi connectivity index (χ0v) is 12.8. The smallest absolute Gasteiger partial charge is 0.0643 e. The van der Waals surface area contributed by atoms with E-state index in [0.717, 1.165) is 29.4 Å². The van der Waals surface area contributed by atoms with Crippen molar-refractivity contribution in [3.63, 3.8) is 0 Å². The van der Waals surface area contributed by atoms with Crippen LogP contribution in [0.4, 0.5) is 5.69 Å². The van der Waals surface area contributed by atoms with Crippen LogP contribution in [0, 0.1) is 0 Å². The van der Waals surface area contributed by atoms with Crippen molar-refractivity contribution in [2.45, 2.75) is 26.4 Å². The number of nitrogens with two attached hydrogens (primary N) is 1. The fourth-order valence-electron chi connectivity index (χ4n) is 2.23. The first-order valence-electron chi connectivity index (χ1n) is 6.95. The number of nitrogens with zero attached hydrogens (tertiary/aromatic N) is 1. The standard InChI is InChI=1S/C17H21ClN2/c1-3-20(12-14-7-5-4-6-8-14)17-10-9-15(13(2)19)11-16(17)18/h4-11,13H,3,12,19H2,1-2H3/t13-/m1/s1. The first kappa shape index (κ1) is 14.9. The van der Waals surface area contributed by atoms with Gasteiger partial charge in [-0.3, -0.25) is 0 Å². The molecule has 0 saturated carbocycles. The van der Waals surface area contributed by atoms with Crippen molar-refractivity contribution in [3.8, 4) is 0 Å². The summed E-state index contributed by atoms with van der Waals surface area (Å²) in [5, 5.41) is 0.762. The van der Waals surface area contributed by atoms with Gasteiger partial charge < -0.3 is 10.6 Å². The summed E-state index contributed by atoms with van der Waals surface area (Å²) in [6, 6.07) is 16.5. The fraction of sp³-hybridized carbons (Fsp3) is 0.294. The number of benzene rings is 2. The second kappa shape index (κ2) is 6.78. The molecule has 1 atom stereocenters. The number of hydrogen-bond acceptors (Lipinski definition) is 2. The summed E-state index contributed by atoms with van der Waals surface area (Å²) in [4.78, 5) is 2.27. The Morgan fingerprint density at radius 2 is 1.85 bits per heavy atom. The third kappa shape index (κ3) is 3.53. The fourth-order valence-corrected chi connectivity index (χ4v) is 2.54. The summed E-state index contributed by atoms with van der Waals surface area (Å²) in [5.74, 6) is 0. The van der Waals surface area contributed by atoms with Crippen molar-refractivity contribution in [1.29, 1.82) is 0 Å². The van der Waals surface area contributed by atoms with Gasteiger partial charge in [-0.25, -0.2) is 0 Å². The molecule has 2 aromatic rings. The van der Waals surface area contributed by atoms with Crippen LogP contribution in [-0.2, 0) is 6.54 Å². The summed E-state index contributed by atoms with van der Waals surface area (Å²) in [6.07, 6.45) is 0. The van der Waals surface area contributed by atoms with Crippen LogP contribution in [-0.4, -0.2) is 6.54 Å². The minimum Gasteiger partial charge on any atom is -0.366 e. The third-order valence-electron chi connectivity index (χ3n) is 3.44. The Hall–Kier alpha value is -1.51. The van der Waals surface area contributed by atoms with Crippen molar-refractivity contribution < 1.29 is 0 Å². The lowest BCUT2D eigenvalue weighted by molar-refractivity contribution is 0.810. The Balaban J connectivity index is 2.23. The molecule has 0 aliphatic heterocycles. The van der Waals surface area contributed by atoms with Gasteiger partial charge >= 0.3 is 0 Å². The maximum absolute atomic E-state index is 6.42. The first-order valence-corrected chi connectivity index (χ1v) is 7.33. The van der Waals surface area contributed by atoms with Crippen LogP contribution in [0.15, 0.2) is 48.5 Å². The van der Waals surface area contributed by atoms with Crippen LogP contribution in [0.5, 0.6) is 0 Å². The molecule has 0 fully saturated rings. The van der Waals surface area contributed by atoms with E-state index in [0.29, 0.717) is 0 Å². The van der Waals surface area contributed by atoms with E-state index in [1.54, 1.807) is 0 Å². The Morgan fingerprint density at radius 1 is 1.15 bits per heavy atom. The molecule has 106 valence electrons.